The summed E-state index contributed by atoms with van der Waals surface area (Å²) in [6.45, 7) is 3.85. The largest absolute Gasteiger partial charge is 0.492 e. The lowest BCUT2D eigenvalue weighted by Gasteiger charge is -2.14. The van der Waals surface area contributed by atoms with E-state index in [4.69, 9.17) is 9.84 Å². The van der Waals surface area contributed by atoms with Gasteiger partial charge in [0.2, 0.25) is 0 Å². The molecule has 2 aromatic heterocycles. The van der Waals surface area contributed by atoms with Crippen LogP contribution in [0.2, 0.25) is 0 Å². The van der Waals surface area contributed by atoms with E-state index in [1.165, 1.54) is 16.8 Å². The van der Waals surface area contributed by atoms with E-state index in [-0.39, 0.29) is 5.56 Å². The van der Waals surface area contributed by atoms with Gasteiger partial charge in [-0.2, -0.15) is 0 Å². The molecule has 104 valence electrons. The van der Waals surface area contributed by atoms with Crippen molar-refractivity contribution in [2.45, 2.75) is 13.8 Å². The minimum absolute atomic E-state index is 0.343. The average molecular weight is 274 g/mol. The molecule has 2 heterocycles. The molecule has 1 N–H and O–H groups in total. The van der Waals surface area contributed by atoms with Crippen LogP contribution >= 0.6 is 0 Å². The van der Waals surface area contributed by atoms with E-state index >= 15 is 0 Å². The zero-order valence-electron chi connectivity index (χ0n) is 11.2. The van der Waals surface area contributed by atoms with E-state index in [0.717, 1.165) is 0 Å². The topological polar surface area (TPSA) is 81.4 Å². The van der Waals surface area contributed by atoms with Crippen LogP contribution < -0.4 is 10.3 Å². The molecular formula is C14H14N2O4. The van der Waals surface area contributed by atoms with Crippen LogP contribution in [0.15, 0.2) is 35.3 Å². The summed E-state index contributed by atoms with van der Waals surface area (Å²) in [5.74, 6) is -0.574. The summed E-state index contributed by atoms with van der Waals surface area (Å²) >= 11 is 0. The van der Waals surface area contributed by atoms with Gasteiger partial charge in [-0.1, -0.05) is 6.07 Å². The second kappa shape index (κ2) is 5.56. The minimum Gasteiger partial charge on any atom is -0.492 e. The zero-order chi connectivity index (χ0) is 14.7. The van der Waals surface area contributed by atoms with Crippen molar-refractivity contribution in [3.05, 3.63) is 52.1 Å². The summed E-state index contributed by atoms with van der Waals surface area (Å²) in [5, 5.41) is 9.13. The molecule has 0 aliphatic rings. The molecule has 0 atom stereocenters. The van der Waals surface area contributed by atoms with Crippen LogP contribution in [0.5, 0.6) is 5.75 Å². The molecule has 0 bridgehead atoms. The first-order chi connectivity index (χ1) is 9.56. The summed E-state index contributed by atoms with van der Waals surface area (Å²) in [5.41, 5.74) is -0.456. The summed E-state index contributed by atoms with van der Waals surface area (Å²) in [4.78, 5) is 27.5. The van der Waals surface area contributed by atoms with Gasteiger partial charge in [0, 0.05) is 12.3 Å². The number of carboxylic acids is 1. The third-order valence-corrected chi connectivity index (χ3v) is 2.81. The molecule has 0 unspecified atom stereocenters. The van der Waals surface area contributed by atoms with Gasteiger partial charge >= 0.3 is 5.97 Å². The lowest BCUT2D eigenvalue weighted by molar-refractivity contribution is 0.0694. The number of carboxylic acid groups (broad SMARTS) is 1. The van der Waals surface area contributed by atoms with Crippen molar-refractivity contribution in [1.29, 1.82) is 0 Å². The Hall–Kier alpha value is -2.63. The Morgan fingerprint density at radius 1 is 1.45 bits per heavy atom. The molecule has 0 aromatic carbocycles. The standard InChI is InChI=1S/C14H14N2O4/c1-3-20-11-8-10(14(18)19)13(17)16(9(11)2)12-6-4-5-7-15-12/h4-8H,3H2,1-2H3,(H,18,19). The number of hydrogen-bond donors (Lipinski definition) is 1. The van der Waals surface area contributed by atoms with E-state index in [1.54, 1.807) is 32.0 Å². The lowest BCUT2D eigenvalue weighted by atomic mass is 10.2. The van der Waals surface area contributed by atoms with Crippen LogP contribution in [0, 0.1) is 6.92 Å². The van der Waals surface area contributed by atoms with Crippen molar-refractivity contribution >= 4 is 5.97 Å². The quantitative estimate of drug-likeness (QED) is 0.916. The Morgan fingerprint density at radius 3 is 2.75 bits per heavy atom. The lowest BCUT2D eigenvalue weighted by Crippen LogP contribution is -2.28. The molecule has 0 aliphatic heterocycles. The van der Waals surface area contributed by atoms with Crippen molar-refractivity contribution in [3.63, 3.8) is 0 Å². The molecule has 0 saturated carbocycles. The molecule has 0 amide bonds. The molecule has 0 radical (unpaired) electrons. The van der Waals surface area contributed by atoms with Gasteiger partial charge in [-0.25, -0.2) is 9.78 Å². The fourth-order valence-electron chi connectivity index (χ4n) is 1.90. The highest BCUT2D eigenvalue weighted by molar-refractivity contribution is 5.87. The highest BCUT2D eigenvalue weighted by Crippen LogP contribution is 2.19. The monoisotopic (exact) mass is 274 g/mol. The molecule has 2 aromatic rings. The van der Waals surface area contributed by atoms with Crippen molar-refractivity contribution in [2.24, 2.45) is 0 Å². The Morgan fingerprint density at radius 2 is 2.20 bits per heavy atom. The van der Waals surface area contributed by atoms with Gasteiger partial charge in [0.25, 0.3) is 5.56 Å². The Balaban J connectivity index is 2.78. The van der Waals surface area contributed by atoms with Gasteiger partial charge in [0.1, 0.15) is 17.1 Å². The molecular weight excluding hydrogens is 260 g/mol. The number of hydrogen-bond acceptors (Lipinski definition) is 4. The van der Waals surface area contributed by atoms with Gasteiger partial charge in [0.15, 0.2) is 0 Å². The molecule has 0 saturated heterocycles. The first-order valence-electron chi connectivity index (χ1n) is 6.10. The fourth-order valence-corrected chi connectivity index (χ4v) is 1.90. The summed E-state index contributed by atoms with van der Waals surface area (Å²) in [7, 11) is 0. The van der Waals surface area contributed by atoms with E-state index in [0.29, 0.717) is 23.9 Å². The number of rotatable bonds is 4. The fraction of sp³-hybridized carbons (Fsp3) is 0.214. The van der Waals surface area contributed by atoms with Crippen molar-refractivity contribution < 1.29 is 14.6 Å². The average Bonchev–Trinajstić information content (AvgIpc) is 2.43. The highest BCUT2D eigenvalue weighted by Gasteiger charge is 2.18. The van der Waals surface area contributed by atoms with Crippen molar-refractivity contribution in [1.82, 2.24) is 9.55 Å². The number of nitrogens with zero attached hydrogens (tertiary/aromatic N) is 2. The predicted molar refractivity (Wildman–Crippen MR) is 72.7 cm³/mol. The van der Waals surface area contributed by atoms with E-state index < -0.39 is 11.5 Å². The molecule has 20 heavy (non-hydrogen) atoms. The van der Waals surface area contributed by atoms with Crippen LogP contribution in [0.25, 0.3) is 5.82 Å². The third-order valence-electron chi connectivity index (χ3n) is 2.81. The summed E-state index contributed by atoms with van der Waals surface area (Å²) < 4.78 is 6.64. The van der Waals surface area contributed by atoms with E-state index in [1.807, 2.05) is 0 Å². The molecule has 0 aliphatic carbocycles. The molecule has 6 heteroatoms. The minimum atomic E-state index is -1.29. The Kier molecular flexibility index (Phi) is 3.84. The van der Waals surface area contributed by atoms with Gasteiger partial charge < -0.3 is 9.84 Å². The molecule has 0 fully saturated rings. The Labute approximate surface area is 115 Å². The first-order valence-corrected chi connectivity index (χ1v) is 6.10. The highest BCUT2D eigenvalue weighted by atomic mass is 16.5. The van der Waals surface area contributed by atoms with Crippen molar-refractivity contribution in [3.8, 4) is 11.6 Å². The number of pyridine rings is 2. The molecule has 2 rings (SSSR count). The SMILES string of the molecule is CCOc1cc(C(=O)O)c(=O)n(-c2ccccn2)c1C. The van der Waals surface area contributed by atoms with Crippen LogP contribution in [-0.4, -0.2) is 27.2 Å². The first kappa shape index (κ1) is 13.8. The van der Waals surface area contributed by atoms with Crippen LogP contribution in [0.4, 0.5) is 0 Å². The number of ether oxygens (including phenoxy) is 1. The smallest absolute Gasteiger partial charge is 0.341 e. The predicted octanol–water partition coefficient (Wildman–Crippen LogP) is 1.64. The van der Waals surface area contributed by atoms with Gasteiger partial charge in [0.05, 0.1) is 12.3 Å². The maximum absolute atomic E-state index is 12.3. The van der Waals surface area contributed by atoms with E-state index in [2.05, 4.69) is 4.98 Å². The molecule has 6 nitrogen and oxygen atoms in total. The third kappa shape index (κ3) is 2.40. The number of aromatic nitrogens is 2. The second-order valence-electron chi connectivity index (χ2n) is 4.07. The molecule has 0 spiro atoms. The normalized spacial score (nSPS) is 10.3. The van der Waals surface area contributed by atoms with Gasteiger partial charge in [-0.3, -0.25) is 9.36 Å². The van der Waals surface area contributed by atoms with Crippen molar-refractivity contribution in [2.75, 3.05) is 6.61 Å². The summed E-state index contributed by atoms with van der Waals surface area (Å²) in [6, 6.07) is 6.33. The van der Waals surface area contributed by atoms with Crippen LogP contribution in [0.1, 0.15) is 23.0 Å². The Bertz CT molecular complexity index is 692. The maximum atomic E-state index is 12.3. The van der Waals surface area contributed by atoms with Gasteiger partial charge in [-0.15, -0.1) is 0 Å². The van der Waals surface area contributed by atoms with E-state index in [9.17, 15) is 9.59 Å². The second-order valence-corrected chi connectivity index (χ2v) is 4.07. The summed E-state index contributed by atoms with van der Waals surface area (Å²) in [6.07, 6.45) is 1.54. The zero-order valence-corrected chi connectivity index (χ0v) is 11.2. The van der Waals surface area contributed by atoms with Crippen LogP contribution in [0.3, 0.4) is 0 Å². The number of carbonyl (C=O) groups is 1. The van der Waals surface area contributed by atoms with Gasteiger partial charge in [-0.05, 0) is 26.0 Å². The maximum Gasteiger partial charge on any atom is 0.341 e. The number of aromatic carboxylic acids is 1. The van der Waals surface area contributed by atoms with Crippen LogP contribution in [-0.2, 0) is 0 Å².